The summed E-state index contributed by atoms with van der Waals surface area (Å²) in [6.45, 7) is 1.53. The quantitative estimate of drug-likeness (QED) is 0.332. The van der Waals surface area contributed by atoms with E-state index < -0.39 is 23.3 Å². The number of hydrogen-bond donors (Lipinski definition) is 0. The maximum Gasteiger partial charge on any atom is 0.344 e. The fourth-order valence-corrected chi connectivity index (χ4v) is 1.88. The van der Waals surface area contributed by atoms with Crippen molar-refractivity contribution in [1.29, 1.82) is 0 Å². The molecular formula is C16H14N2O6. The summed E-state index contributed by atoms with van der Waals surface area (Å²) in [5.74, 6) is -1.19. The predicted octanol–water partition coefficient (Wildman–Crippen LogP) is 2.43. The van der Waals surface area contributed by atoms with Gasteiger partial charge in [-0.3, -0.25) is 14.9 Å². The van der Waals surface area contributed by atoms with Gasteiger partial charge in [0.1, 0.15) is 5.56 Å². The largest absolute Gasteiger partial charge is 0.477 e. The van der Waals surface area contributed by atoms with Crippen molar-refractivity contribution in [2.75, 3.05) is 13.2 Å². The number of ketones is 1. The molecule has 0 fully saturated rings. The Bertz CT molecular complexity index is 775. The van der Waals surface area contributed by atoms with Crippen LogP contribution in [0.5, 0.6) is 5.88 Å². The second kappa shape index (κ2) is 7.82. The van der Waals surface area contributed by atoms with Gasteiger partial charge in [-0.15, -0.1) is 0 Å². The zero-order valence-electron chi connectivity index (χ0n) is 12.8. The number of nitrogens with zero attached hydrogens (tertiary/aromatic N) is 2. The summed E-state index contributed by atoms with van der Waals surface area (Å²) in [6, 6.07) is 8.22. The van der Waals surface area contributed by atoms with Gasteiger partial charge in [-0.25, -0.2) is 9.78 Å². The van der Waals surface area contributed by atoms with Crippen molar-refractivity contribution in [3.63, 3.8) is 0 Å². The van der Waals surface area contributed by atoms with Crippen LogP contribution in [0.1, 0.15) is 27.6 Å². The number of carbonyl (C=O) groups is 2. The Hall–Kier alpha value is -3.29. The number of non-ortho nitro benzene ring substituents is 1. The summed E-state index contributed by atoms with van der Waals surface area (Å²) in [5.41, 5.74) is -0.0162. The number of esters is 1. The van der Waals surface area contributed by atoms with Gasteiger partial charge >= 0.3 is 5.97 Å². The highest BCUT2D eigenvalue weighted by Crippen LogP contribution is 2.17. The zero-order chi connectivity index (χ0) is 17.5. The SMILES string of the molecule is CCOc1ncccc1C(=O)OCC(=O)c1cccc([N+](=O)[O-])c1. The average Bonchev–Trinajstić information content (AvgIpc) is 2.60. The van der Waals surface area contributed by atoms with Crippen LogP contribution >= 0.6 is 0 Å². The van der Waals surface area contributed by atoms with Crippen molar-refractivity contribution in [1.82, 2.24) is 4.98 Å². The van der Waals surface area contributed by atoms with Crippen LogP contribution in [0.4, 0.5) is 5.69 Å². The number of Topliss-reactive ketones (excluding diaryl/α,β-unsaturated/α-hetero) is 1. The van der Waals surface area contributed by atoms with Gasteiger partial charge in [-0.1, -0.05) is 12.1 Å². The van der Waals surface area contributed by atoms with Crippen molar-refractivity contribution in [3.05, 3.63) is 63.8 Å². The maximum absolute atomic E-state index is 12.0. The van der Waals surface area contributed by atoms with Gasteiger partial charge in [0, 0.05) is 23.9 Å². The molecule has 8 heteroatoms. The van der Waals surface area contributed by atoms with Crippen LogP contribution in [0.25, 0.3) is 0 Å². The number of nitro groups is 1. The number of rotatable bonds is 7. The molecule has 0 aliphatic heterocycles. The summed E-state index contributed by atoms with van der Waals surface area (Å²) >= 11 is 0. The van der Waals surface area contributed by atoms with Crippen LogP contribution < -0.4 is 4.74 Å². The number of hydrogen-bond acceptors (Lipinski definition) is 7. The number of pyridine rings is 1. The van der Waals surface area contributed by atoms with E-state index in [1.807, 2.05) is 0 Å². The van der Waals surface area contributed by atoms with Gasteiger partial charge in [0.25, 0.3) is 5.69 Å². The van der Waals surface area contributed by atoms with Gasteiger partial charge in [0.2, 0.25) is 11.7 Å². The number of benzene rings is 1. The van der Waals surface area contributed by atoms with Crippen LogP contribution in [0, 0.1) is 10.1 Å². The zero-order valence-corrected chi connectivity index (χ0v) is 12.8. The Labute approximate surface area is 137 Å². The minimum absolute atomic E-state index is 0.0909. The van der Waals surface area contributed by atoms with Crippen molar-refractivity contribution in [2.45, 2.75) is 6.92 Å². The number of ether oxygens (including phenoxy) is 2. The second-order valence-electron chi connectivity index (χ2n) is 4.60. The first-order chi connectivity index (χ1) is 11.5. The Balaban J connectivity index is 2.05. The minimum atomic E-state index is -0.759. The molecule has 2 rings (SSSR count). The predicted molar refractivity (Wildman–Crippen MR) is 83.1 cm³/mol. The molecule has 2 aromatic rings. The fourth-order valence-electron chi connectivity index (χ4n) is 1.88. The molecule has 1 aromatic heterocycles. The van der Waals surface area contributed by atoms with E-state index in [0.29, 0.717) is 6.61 Å². The standard InChI is InChI=1S/C16H14N2O6/c1-2-23-15-13(7-4-8-17-15)16(20)24-10-14(19)11-5-3-6-12(9-11)18(21)22/h3-9H,2,10H2,1H3. The van der Waals surface area contributed by atoms with Crippen molar-refractivity contribution in [2.24, 2.45) is 0 Å². The van der Waals surface area contributed by atoms with Crippen molar-refractivity contribution >= 4 is 17.4 Å². The molecule has 0 spiro atoms. The first-order valence-electron chi connectivity index (χ1n) is 7.05. The molecular weight excluding hydrogens is 316 g/mol. The number of nitro benzene ring substituents is 1. The topological polar surface area (TPSA) is 109 Å². The van der Waals surface area contributed by atoms with E-state index in [9.17, 15) is 19.7 Å². The van der Waals surface area contributed by atoms with Crippen LogP contribution in [0.15, 0.2) is 42.6 Å². The lowest BCUT2D eigenvalue weighted by Crippen LogP contribution is -2.15. The molecule has 0 unspecified atom stereocenters. The van der Waals surface area contributed by atoms with E-state index in [1.54, 1.807) is 13.0 Å². The highest BCUT2D eigenvalue weighted by atomic mass is 16.6. The Kier molecular flexibility index (Phi) is 5.56. The molecule has 0 saturated carbocycles. The molecule has 8 nitrogen and oxygen atoms in total. The molecule has 1 heterocycles. The lowest BCUT2D eigenvalue weighted by Gasteiger charge is -2.08. The monoisotopic (exact) mass is 330 g/mol. The highest BCUT2D eigenvalue weighted by molar-refractivity contribution is 6.00. The van der Waals surface area contributed by atoms with E-state index in [1.165, 1.54) is 30.5 Å². The van der Waals surface area contributed by atoms with Gasteiger partial charge in [0.05, 0.1) is 11.5 Å². The van der Waals surface area contributed by atoms with Gasteiger partial charge in [-0.05, 0) is 19.1 Å². The molecule has 24 heavy (non-hydrogen) atoms. The van der Waals surface area contributed by atoms with Crippen molar-refractivity contribution in [3.8, 4) is 5.88 Å². The van der Waals surface area contributed by atoms with E-state index in [4.69, 9.17) is 9.47 Å². The third kappa shape index (κ3) is 4.13. The molecule has 0 radical (unpaired) electrons. The lowest BCUT2D eigenvalue weighted by molar-refractivity contribution is -0.384. The molecule has 0 N–H and O–H groups in total. The number of aromatic nitrogens is 1. The van der Waals surface area contributed by atoms with Gasteiger partial charge in [-0.2, -0.15) is 0 Å². The molecule has 0 aliphatic rings. The summed E-state index contributed by atoms with van der Waals surface area (Å²) in [7, 11) is 0. The van der Waals surface area contributed by atoms with Crippen molar-refractivity contribution < 1.29 is 24.0 Å². The normalized spacial score (nSPS) is 10.0. The molecule has 0 saturated heterocycles. The van der Waals surface area contributed by atoms with Gasteiger partial charge in [0.15, 0.2) is 6.61 Å². The first kappa shape index (κ1) is 17.1. The average molecular weight is 330 g/mol. The van der Waals surface area contributed by atoms with Crippen LogP contribution in [0.3, 0.4) is 0 Å². The molecule has 0 amide bonds. The van der Waals surface area contributed by atoms with Crippen LogP contribution in [-0.4, -0.2) is 34.9 Å². The molecule has 0 atom stereocenters. The lowest BCUT2D eigenvalue weighted by atomic mass is 10.1. The third-order valence-corrected chi connectivity index (χ3v) is 2.99. The second-order valence-corrected chi connectivity index (χ2v) is 4.60. The smallest absolute Gasteiger partial charge is 0.344 e. The first-order valence-corrected chi connectivity index (χ1v) is 7.05. The Morgan fingerprint density at radius 1 is 1.25 bits per heavy atom. The Morgan fingerprint density at radius 3 is 2.75 bits per heavy atom. The van der Waals surface area contributed by atoms with E-state index >= 15 is 0 Å². The van der Waals surface area contributed by atoms with Gasteiger partial charge < -0.3 is 9.47 Å². The van der Waals surface area contributed by atoms with E-state index in [0.717, 1.165) is 6.07 Å². The number of carbonyl (C=O) groups excluding carboxylic acids is 2. The molecule has 124 valence electrons. The van der Waals surface area contributed by atoms with E-state index in [-0.39, 0.29) is 22.7 Å². The third-order valence-electron chi connectivity index (χ3n) is 2.99. The minimum Gasteiger partial charge on any atom is -0.477 e. The molecule has 1 aromatic carbocycles. The molecule has 0 aliphatic carbocycles. The summed E-state index contributed by atoms with van der Waals surface area (Å²) in [6.07, 6.45) is 1.47. The maximum atomic E-state index is 12.0. The van der Waals surface area contributed by atoms with Crippen LogP contribution in [-0.2, 0) is 4.74 Å². The summed E-state index contributed by atoms with van der Waals surface area (Å²) in [4.78, 5) is 38.1. The summed E-state index contributed by atoms with van der Waals surface area (Å²) < 4.78 is 10.2. The van der Waals surface area contributed by atoms with Crippen LogP contribution in [0.2, 0.25) is 0 Å². The fraction of sp³-hybridized carbons (Fsp3) is 0.188. The van der Waals surface area contributed by atoms with E-state index in [2.05, 4.69) is 4.98 Å². The summed E-state index contributed by atoms with van der Waals surface area (Å²) in [5, 5.41) is 10.7. The highest BCUT2D eigenvalue weighted by Gasteiger charge is 2.18. The molecule has 0 bridgehead atoms. The Morgan fingerprint density at radius 2 is 2.04 bits per heavy atom.